The van der Waals surface area contributed by atoms with Crippen molar-refractivity contribution in [1.29, 1.82) is 0 Å². The van der Waals surface area contributed by atoms with E-state index in [4.69, 9.17) is 5.11 Å². The average molecular weight is 327 g/mol. The molecule has 1 atom stereocenters. The lowest BCUT2D eigenvalue weighted by Crippen LogP contribution is -2.52. The van der Waals surface area contributed by atoms with Gasteiger partial charge in [-0.3, -0.25) is 19.4 Å². The van der Waals surface area contributed by atoms with Crippen molar-refractivity contribution in [2.24, 2.45) is 5.92 Å². The minimum atomic E-state index is -0.771. The lowest BCUT2D eigenvalue weighted by atomic mass is 10.0. The highest BCUT2D eigenvalue weighted by Crippen LogP contribution is 2.18. The van der Waals surface area contributed by atoms with Crippen LogP contribution in [0.2, 0.25) is 0 Å². The number of aliphatic carboxylic acids is 1. The zero-order chi connectivity index (χ0) is 17.4. The molecular formula is C17H33N3O3. The number of amides is 1. The molecule has 0 bridgehead atoms. The van der Waals surface area contributed by atoms with Gasteiger partial charge in [0.25, 0.3) is 0 Å². The molecule has 2 N–H and O–H groups in total. The molecule has 1 unspecified atom stereocenters. The maximum absolute atomic E-state index is 12.2. The predicted molar refractivity (Wildman–Crippen MR) is 91.4 cm³/mol. The molecule has 0 aromatic carbocycles. The largest absolute Gasteiger partial charge is 0.480 e. The summed E-state index contributed by atoms with van der Waals surface area (Å²) in [5.41, 5.74) is 0. The highest BCUT2D eigenvalue weighted by atomic mass is 16.4. The molecule has 23 heavy (non-hydrogen) atoms. The summed E-state index contributed by atoms with van der Waals surface area (Å²) < 4.78 is 0. The molecule has 1 rings (SSSR count). The van der Waals surface area contributed by atoms with Gasteiger partial charge in [0.1, 0.15) is 0 Å². The number of carbonyl (C=O) groups is 2. The van der Waals surface area contributed by atoms with Crippen LogP contribution in [0.25, 0.3) is 0 Å². The van der Waals surface area contributed by atoms with E-state index in [2.05, 4.69) is 24.1 Å². The summed E-state index contributed by atoms with van der Waals surface area (Å²) in [6, 6.07) is 0.196. The molecule has 0 saturated carbocycles. The monoisotopic (exact) mass is 327 g/mol. The molecule has 134 valence electrons. The van der Waals surface area contributed by atoms with Crippen LogP contribution in [0, 0.1) is 5.92 Å². The van der Waals surface area contributed by atoms with Gasteiger partial charge in [-0.05, 0) is 38.6 Å². The number of hydrogen-bond acceptors (Lipinski definition) is 4. The summed E-state index contributed by atoms with van der Waals surface area (Å²) in [4.78, 5) is 27.3. The number of likely N-dealkylation sites (N-methyl/N-ethyl adjacent to an activating group) is 1. The van der Waals surface area contributed by atoms with Crippen molar-refractivity contribution in [1.82, 2.24) is 15.1 Å². The van der Waals surface area contributed by atoms with E-state index >= 15 is 0 Å². The van der Waals surface area contributed by atoms with Gasteiger partial charge in [0.05, 0.1) is 12.6 Å². The molecule has 1 aliphatic rings. The van der Waals surface area contributed by atoms with Crippen molar-refractivity contribution in [2.45, 2.75) is 59.0 Å². The Bertz CT molecular complexity index is 379. The van der Waals surface area contributed by atoms with Gasteiger partial charge in [-0.15, -0.1) is 0 Å². The van der Waals surface area contributed by atoms with Crippen LogP contribution < -0.4 is 5.32 Å². The van der Waals surface area contributed by atoms with Gasteiger partial charge >= 0.3 is 5.97 Å². The van der Waals surface area contributed by atoms with E-state index < -0.39 is 5.97 Å². The van der Waals surface area contributed by atoms with E-state index in [0.29, 0.717) is 12.0 Å². The summed E-state index contributed by atoms with van der Waals surface area (Å²) in [5.74, 6) is -0.0789. The first-order chi connectivity index (χ1) is 10.8. The van der Waals surface area contributed by atoms with Crippen molar-refractivity contribution >= 4 is 11.9 Å². The van der Waals surface area contributed by atoms with Gasteiger partial charge in [0, 0.05) is 25.7 Å². The number of rotatable bonds is 9. The van der Waals surface area contributed by atoms with Crippen LogP contribution in [0.4, 0.5) is 0 Å². The number of likely N-dealkylation sites (tertiary alicyclic amines) is 1. The van der Waals surface area contributed by atoms with Gasteiger partial charge in [-0.1, -0.05) is 20.8 Å². The molecule has 0 radical (unpaired) electrons. The Morgan fingerprint density at radius 3 is 2.35 bits per heavy atom. The van der Waals surface area contributed by atoms with E-state index in [1.54, 1.807) is 0 Å². The van der Waals surface area contributed by atoms with Crippen LogP contribution in [0.15, 0.2) is 0 Å². The van der Waals surface area contributed by atoms with E-state index in [9.17, 15) is 9.59 Å². The van der Waals surface area contributed by atoms with Crippen LogP contribution in [-0.2, 0) is 9.59 Å². The van der Waals surface area contributed by atoms with Crippen molar-refractivity contribution in [2.75, 3.05) is 32.7 Å². The zero-order valence-electron chi connectivity index (χ0n) is 15.0. The van der Waals surface area contributed by atoms with E-state index in [0.717, 1.165) is 45.4 Å². The summed E-state index contributed by atoms with van der Waals surface area (Å²) in [7, 11) is 0. The highest BCUT2D eigenvalue weighted by Gasteiger charge is 2.29. The number of piperidine rings is 1. The Morgan fingerprint density at radius 2 is 1.87 bits per heavy atom. The van der Waals surface area contributed by atoms with E-state index in [1.807, 2.05) is 18.7 Å². The number of carboxylic acid groups (broad SMARTS) is 1. The number of carbonyl (C=O) groups excluding carboxylic acids is 1. The second-order valence-corrected chi connectivity index (χ2v) is 6.87. The molecule has 1 heterocycles. The molecule has 1 fully saturated rings. The lowest BCUT2D eigenvalue weighted by Gasteiger charge is -2.39. The normalized spacial score (nSPS) is 18.3. The predicted octanol–water partition coefficient (Wildman–Crippen LogP) is 1.41. The number of nitrogens with zero attached hydrogens (tertiary/aromatic N) is 2. The van der Waals surface area contributed by atoms with Crippen molar-refractivity contribution in [3.63, 3.8) is 0 Å². The van der Waals surface area contributed by atoms with Gasteiger partial charge < -0.3 is 10.4 Å². The van der Waals surface area contributed by atoms with Crippen LogP contribution in [0.5, 0.6) is 0 Å². The Kier molecular flexibility index (Phi) is 8.55. The first-order valence-electron chi connectivity index (χ1n) is 8.82. The second-order valence-electron chi connectivity index (χ2n) is 6.87. The van der Waals surface area contributed by atoms with Crippen molar-refractivity contribution < 1.29 is 14.7 Å². The van der Waals surface area contributed by atoms with Crippen molar-refractivity contribution in [3.05, 3.63) is 0 Å². The van der Waals surface area contributed by atoms with Crippen LogP contribution in [0.3, 0.4) is 0 Å². The Morgan fingerprint density at radius 1 is 1.26 bits per heavy atom. The molecule has 1 amide bonds. The molecular weight excluding hydrogens is 294 g/mol. The fraction of sp³-hybridized carbons (Fsp3) is 0.882. The topological polar surface area (TPSA) is 72.9 Å². The molecule has 0 aromatic heterocycles. The first kappa shape index (κ1) is 19.9. The maximum Gasteiger partial charge on any atom is 0.317 e. The number of carboxylic acids is 1. The highest BCUT2D eigenvalue weighted by molar-refractivity contribution is 5.81. The van der Waals surface area contributed by atoms with Crippen molar-refractivity contribution in [3.8, 4) is 0 Å². The summed E-state index contributed by atoms with van der Waals surface area (Å²) in [5, 5.41) is 12.0. The SMILES string of the molecule is CCN(CC(=O)O)C1CCN(C(C)C(=O)NCCC(C)C)CC1. The van der Waals surface area contributed by atoms with Crippen LogP contribution >= 0.6 is 0 Å². The molecule has 6 heteroatoms. The van der Waals surface area contributed by atoms with E-state index in [1.165, 1.54) is 0 Å². The molecule has 6 nitrogen and oxygen atoms in total. The molecule has 1 saturated heterocycles. The molecule has 1 aliphatic heterocycles. The summed E-state index contributed by atoms with van der Waals surface area (Å²) in [6.07, 6.45) is 2.84. The van der Waals surface area contributed by atoms with Gasteiger partial charge in [0.15, 0.2) is 0 Å². The van der Waals surface area contributed by atoms with E-state index in [-0.39, 0.29) is 18.5 Å². The number of nitrogens with one attached hydrogen (secondary N) is 1. The van der Waals surface area contributed by atoms with Gasteiger partial charge in [-0.2, -0.15) is 0 Å². The Labute approximate surface area is 140 Å². The van der Waals surface area contributed by atoms with Gasteiger partial charge in [0.2, 0.25) is 5.91 Å². The quantitative estimate of drug-likeness (QED) is 0.670. The molecule has 0 aromatic rings. The first-order valence-corrected chi connectivity index (χ1v) is 8.82. The minimum Gasteiger partial charge on any atom is -0.480 e. The number of hydrogen-bond donors (Lipinski definition) is 2. The lowest BCUT2D eigenvalue weighted by molar-refractivity contribution is -0.139. The van der Waals surface area contributed by atoms with Crippen LogP contribution in [-0.4, -0.2) is 71.6 Å². The fourth-order valence-electron chi connectivity index (χ4n) is 3.11. The van der Waals surface area contributed by atoms with Crippen LogP contribution in [0.1, 0.15) is 47.0 Å². The smallest absolute Gasteiger partial charge is 0.317 e. The average Bonchev–Trinajstić information content (AvgIpc) is 2.51. The Hall–Kier alpha value is -1.14. The molecule has 0 spiro atoms. The molecule has 0 aliphatic carbocycles. The summed E-state index contributed by atoms with van der Waals surface area (Å²) in [6.45, 7) is 11.5. The second kappa shape index (κ2) is 9.88. The Balaban J connectivity index is 2.39. The standard InChI is InChI=1S/C17H33N3O3/c1-5-19(12-16(21)22)15-7-10-20(11-8-15)14(4)17(23)18-9-6-13(2)3/h13-15H,5-12H2,1-4H3,(H,18,23)(H,21,22). The zero-order valence-corrected chi connectivity index (χ0v) is 15.0. The third-order valence-electron chi connectivity index (χ3n) is 4.71. The summed E-state index contributed by atoms with van der Waals surface area (Å²) >= 11 is 0. The third kappa shape index (κ3) is 6.87. The fourth-order valence-corrected chi connectivity index (χ4v) is 3.11. The maximum atomic E-state index is 12.2. The van der Waals surface area contributed by atoms with Gasteiger partial charge in [-0.25, -0.2) is 0 Å². The minimum absolute atomic E-state index is 0.0991. The third-order valence-corrected chi connectivity index (χ3v) is 4.71.